The van der Waals surface area contributed by atoms with Crippen LogP contribution in [0.3, 0.4) is 0 Å². The summed E-state index contributed by atoms with van der Waals surface area (Å²) in [5.41, 5.74) is -0.141. The van der Waals surface area contributed by atoms with E-state index in [4.69, 9.17) is 22.8 Å². The summed E-state index contributed by atoms with van der Waals surface area (Å²) in [6.45, 7) is 0.847. The molecule has 1 aromatic rings. The maximum absolute atomic E-state index is 14.8. The first-order valence-corrected chi connectivity index (χ1v) is 10.9. The van der Waals surface area contributed by atoms with Crippen molar-refractivity contribution in [2.45, 2.75) is 37.5 Å². The molecule has 10 heteroatoms. The van der Waals surface area contributed by atoms with E-state index in [1.54, 1.807) is 0 Å². The molecule has 0 saturated heterocycles. The lowest BCUT2D eigenvalue weighted by Gasteiger charge is -2.25. The van der Waals surface area contributed by atoms with E-state index in [-0.39, 0.29) is 52.0 Å². The van der Waals surface area contributed by atoms with Crippen LogP contribution in [0.4, 0.5) is 10.1 Å². The van der Waals surface area contributed by atoms with Crippen molar-refractivity contribution < 1.29 is 33.0 Å². The third kappa shape index (κ3) is 6.11. The molecule has 0 aromatic heterocycles. The molecule has 1 aliphatic carbocycles. The van der Waals surface area contributed by atoms with Gasteiger partial charge in [-0.1, -0.05) is 17.5 Å². The molecule has 7 nitrogen and oxygen atoms in total. The predicted octanol–water partition coefficient (Wildman–Crippen LogP) is 3.67. The van der Waals surface area contributed by atoms with Gasteiger partial charge in [0, 0.05) is 23.0 Å². The molecule has 0 saturated carbocycles. The lowest BCUT2D eigenvalue weighted by atomic mass is 9.90. The van der Waals surface area contributed by atoms with Crippen molar-refractivity contribution in [1.29, 1.82) is 0 Å². The highest BCUT2D eigenvalue weighted by Crippen LogP contribution is 2.36. The van der Waals surface area contributed by atoms with E-state index in [0.29, 0.717) is 17.7 Å². The van der Waals surface area contributed by atoms with Crippen LogP contribution < -0.4 is 4.90 Å². The average Bonchev–Trinajstić information content (AvgIpc) is 2.77. The van der Waals surface area contributed by atoms with Crippen molar-refractivity contribution >= 4 is 52.8 Å². The largest absolute Gasteiger partial charge is 0.468 e. The van der Waals surface area contributed by atoms with Crippen molar-refractivity contribution in [3.8, 4) is 12.3 Å². The van der Waals surface area contributed by atoms with Gasteiger partial charge in [-0.2, -0.15) is 0 Å². The fourth-order valence-corrected chi connectivity index (χ4v) is 4.21. The Morgan fingerprint density at radius 3 is 2.47 bits per heavy atom. The fourth-order valence-electron chi connectivity index (χ4n) is 3.11. The molecule has 1 aliphatic rings. The van der Waals surface area contributed by atoms with Gasteiger partial charge in [0.1, 0.15) is 5.82 Å². The first-order valence-electron chi connectivity index (χ1n) is 9.57. The van der Waals surface area contributed by atoms with Gasteiger partial charge in [0.2, 0.25) is 5.91 Å². The van der Waals surface area contributed by atoms with E-state index in [0.717, 1.165) is 24.8 Å². The summed E-state index contributed by atoms with van der Waals surface area (Å²) in [5, 5.41) is 0.00605. The van der Waals surface area contributed by atoms with Crippen LogP contribution >= 0.6 is 23.4 Å². The highest BCUT2D eigenvalue weighted by atomic mass is 35.5. The number of halogens is 2. The summed E-state index contributed by atoms with van der Waals surface area (Å²) in [4.78, 5) is 50.5. The first-order chi connectivity index (χ1) is 15.2. The van der Waals surface area contributed by atoms with Gasteiger partial charge < -0.3 is 9.47 Å². The van der Waals surface area contributed by atoms with Crippen molar-refractivity contribution in [2.75, 3.05) is 24.4 Å². The van der Waals surface area contributed by atoms with Crippen LogP contribution in [0, 0.1) is 18.2 Å². The van der Waals surface area contributed by atoms with E-state index in [9.17, 15) is 23.6 Å². The molecule has 170 valence electrons. The number of benzene rings is 1. The van der Waals surface area contributed by atoms with E-state index < -0.39 is 29.6 Å². The number of carbonyl (C=O) groups excluding carboxylic acids is 4. The molecular weight excluding hydrogens is 461 g/mol. The van der Waals surface area contributed by atoms with Crippen molar-refractivity contribution in [1.82, 2.24) is 0 Å². The molecule has 0 N–H and O–H groups in total. The quantitative estimate of drug-likeness (QED) is 0.333. The second-order valence-corrected chi connectivity index (χ2v) is 8.13. The minimum Gasteiger partial charge on any atom is -0.468 e. The topological polar surface area (TPSA) is 90.0 Å². The third-order valence-electron chi connectivity index (χ3n) is 4.59. The van der Waals surface area contributed by atoms with E-state index >= 15 is 0 Å². The second-order valence-electron chi connectivity index (χ2n) is 6.70. The molecule has 0 unspecified atom stereocenters. The lowest BCUT2D eigenvalue weighted by molar-refractivity contribution is -0.138. The molecule has 0 radical (unpaired) electrons. The fraction of sp³-hybridized carbons (Fsp3) is 0.364. The minimum atomic E-state index is -0.908. The molecule has 0 fully saturated rings. The Balaban J connectivity index is 2.48. The Morgan fingerprint density at radius 2 is 1.88 bits per heavy atom. The highest BCUT2D eigenvalue weighted by molar-refractivity contribution is 8.00. The number of hydrogen-bond acceptors (Lipinski definition) is 7. The SMILES string of the molecule is C#CCOC(=O)C1=C(C(=O)N(C(C)=O)c2cc(SCC(=O)OC)c(Cl)cc2F)CCCC1. The molecule has 0 heterocycles. The molecule has 0 atom stereocenters. The smallest absolute Gasteiger partial charge is 0.335 e. The molecule has 2 rings (SSSR count). The van der Waals surface area contributed by atoms with Gasteiger partial charge in [-0.3, -0.25) is 14.4 Å². The summed E-state index contributed by atoms with van der Waals surface area (Å²) in [5.74, 6) is -1.68. The Bertz CT molecular complexity index is 1020. The highest BCUT2D eigenvalue weighted by Gasteiger charge is 2.32. The zero-order chi connectivity index (χ0) is 23.8. The van der Waals surface area contributed by atoms with Gasteiger partial charge in [0.05, 0.1) is 23.6 Å². The van der Waals surface area contributed by atoms with Crippen molar-refractivity contribution in [2.24, 2.45) is 0 Å². The number of imide groups is 1. The molecule has 0 spiro atoms. The zero-order valence-corrected chi connectivity index (χ0v) is 19.1. The monoisotopic (exact) mass is 481 g/mol. The number of terminal acetylenes is 1. The Kier molecular flexibility index (Phi) is 9.29. The van der Waals surface area contributed by atoms with Gasteiger partial charge in [0.15, 0.2) is 6.61 Å². The van der Waals surface area contributed by atoms with Gasteiger partial charge in [-0.25, -0.2) is 14.1 Å². The van der Waals surface area contributed by atoms with Crippen LogP contribution in [0.25, 0.3) is 0 Å². The minimum absolute atomic E-state index is 0.00605. The van der Waals surface area contributed by atoms with Crippen LogP contribution in [-0.4, -0.2) is 43.2 Å². The van der Waals surface area contributed by atoms with Gasteiger partial charge in [-0.05, 0) is 37.8 Å². The molecule has 32 heavy (non-hydrogen) atoms. The summed E-state index contributed by atoms with van der Waals surface area (Å²) in [6, 6.07) is 2.17. The Labute approximate surface area is 194 Å². The maximum Gasteiger partial charge on any atom is 0.335 e. The number of amides is 2. The first kappa shape index (κ1) is 25.4. The van der Waals surface area contributed by atoms with Gasteiger partial charge in [-0.15, -0.1) is 18.2 Å². The zero-order valence-electron chi connectivity index (χ0n) is 17.5. The molecule has 2 amide bonds. The van der Waals surface area contributed by atoms with Crippen LogP contribution in [-0.2, 0) is 28.7 Å². The number of carbonyl (C=O) groups is 4. The van der Waals surface area contributed by atoms with Gasteiger partial charge >= 0.3 is 11.9 Å². The number of anilines is 1. The number of ether oxygens (including phenoxy) is 2. The summed E-state index contributed by atoms with van der Waals surface area (Å²) < 4.78 is 24.3. The normalized spacial score (nSPS) is 13.2. The van der Waals surface area contributed by atoms with Crippen molar-refractivity contribution in [3.63, 3.8) is 0 Å². The lowest BCUT2D eigenvalue weighted by Crippen LogP contribution is -2.38. The number of methoxy groups -OCH3 is 1. The van der Waals surface area contributed by atoms with Crippen LogP contribution in [0.1, 0.15) is 32.6 Å². The number of thioether (sulfide) groups is 1. The standard InChI is InChI=1S/C22H21ClFNO6S/c1-4-9-31-22(29)15-8-6-5-7-14(15)21(28)25(13(2)26)18-11-19(16(23)10-17(18)24)32-12-20(27)30-3/h1,10-11H,5-9,12H2,2-3H3. The Morgan fingerprint density at radius 1 is 1.22 bits per heavy atom. The van der Waals surface area contributed by atoms with Crippen LogP contribution in [0.2, 0.25) is 5.02 Å². The maximum atomic E-state index is 14.8. The summed E-state index contributed by atoms with van der Waals surface area (Å²) in [6.07, 6.45) is 6.88. The van der Waals surface area contributed by atoms with E-state index in [2.05, 4.69) is 10.7 Å². The summed E-state index contributed by atoms with van der Waals surface area (Å²) in [7, 11) is 1.22. The molecule has 0 bridgehead atoms. The van der Waals surface area contributed by atoms with Crippen LogP contribution in [0.5, 0.6) is 0 Å². The summed E-state index contributed by atoms with van der Waals surface area (Å²) >= 11 is 7.03. The molecular formula is C22H21ClFNO6S. The third-order valence-corrected chi connectivity index (χ3v) is 6.05. The van der Waals surface area contributed by atoms with E-state index in [1.807, 2.05) is 0 Å². The number of hydrogen-bond donors (Lipinski definition) is 0. The number of rotatable bonds is 7. The molecule has 0 aliphatic heterocycles. The van der Waals surface area contributed by atoms with Gasteiger partial charge in [0.25, 0.3) is 5.91 Å². The average molecular weight is 482 g/mol. The second kappa shape index (κ2) is 11.7. The van der Waals surface area contributed by atoms with Crippen LogP contribution in [0.15, 0.2) is 28.2 Å². The molecule has 1 aromatic carbocycles. The van der Waals surface area contributed by atoms with E-state index in [1.165, 1.54) is 13.2 Å². The Hall–Kier alpha value is -2.83. The predicted molar refractivity (Wildman–Crippen MR) is 118 cm³/mol. The number of esters is 2. The number of nitrogens with zero attached hydrogens (tertiary/aromatic N) is 1. The van der Waals surface area contributed by atoms with Crippen molar-refractivity contribution in [3.05, 3.63) is 34.1 Å².